The quantitative estimate of drug-likeness (QED) is 0.835. The molecular weight excluding hydrogens is 238 g/mol. The Hall–Kier alpha value is -0.880. The minimum absolute atomic E-state index is 0.232. The van der Waals surface area contributed by atoms with Gasteiger partial charge in [-0.15, -0.1) is 0 Å². The maximum atomic E-state index is 11.5. The number of nitrogens with zero attached hydrogens (tertiary/aromatic N) is 1. The number of nitrogens with one attached hydrogen (secondary N) is 2. The van der Waals surface area contributed by atoms with Gasteiger partial charge in [0.15, 0.2) is 9.84 Å². The van der Waals surface area contributed by atoms with Crippen LogP contribution < -0.4 is 5.32 Å². The van der Waals surface area contributed by atoms with Gasteiger partial charge in [0, 0.05) is 23.3 Å². The zero-order valence-corrected chi connectivity index (χ0v) is 11.3. The van der Waals surface area contributed by atoms with Gasteiger partial charge in [0.1, 0.15) is 0 Å². The van der Waals surface area contributed by atoms with Crippen LogP contribution in [0, 0.1) is 13.8 Å². The predicted molar refractivity (Wildman–Crippen MR) is 66.6 cm³/mol. The summed E-state index contributed by atoms with van der Waals surface area (Å²) in [5.41, 5.74) is 2.85. The molecule has 2 rings (SSSR count). The first-order valence-corrected chi connectivity index (χ1v) is 7.59. The molecule has 1 aromatic heterocycles. The second-order valence-corrected chi connectivity index (χ2v) is 7.35. The van der Waals surface area contributed by atoms with Crippen LogP contribution in [-0.2, 0) is 16.4 Å². The van der Waals surface area contributed by atoms with E-state index in [2.05, 4.69) is 15.5 Å². The molecule has 1 aliphatic heterocycles. The minimum atomic E-state index is -2.85. The van der Waals surface area contributed by atoms with Crippen molar-refractivity contribution in [1.29, 1.82) is 0 Å². The molecule has 0 bridgehead atoms. The van der Waals surface area contributed by atoms with Crippen LogP contribution >= 0.6 is 0 Å². The summed E-state index contributed by atoms with van der Waals surface area (Å²) < 4.78 is 23.0. The molecular formula is C11H19N3O2S. The highest BCUT2D eigenvalue weighted by atomic mass is 32.2. The van der Waals surface area contributed by atoms with E-state index >= 15 is 0 Å². The highest BCUT2D eigenvalue weighted by molar-refractivity contribution is 7.91. The molecule has 0 saturated carbocycles. The van der Waals surface area contributed by atoms with Gasteiger partial charge in [-0.25, -0.2) is 8.42 Å². The molecule has 2 heterocycles. The van der Waals surface area contributed by atoms with Gasteiger partial charge in [0.05, 0.1) is 17.2 Å². The Bertz CT molecular complexity index is 501. The lowest BCUT2D eigenvalue weighted by Gasteiger charge is -2.24. The van der Waals surface area contributed by atoms with Crippen molar-refractivity contribution < 1.29 is 8.42 Å². The van der Waals surface area contributed by atoms with Crippen molar-refractivity contribution in [3.8, 4) is 0 Å². The summed E-state index contributed by atoms with van der Waals surface area (Å²) in [6.07, 6.45) is 0.686. The normalized spacial score (nSPS) is 27.5. The summed E-state index contributed by atoms with van der Waals surface area (Å²) in [5.74, 6) is 0.524. The van der Waals surface area contributed by atoms with E-state index in [0.717, 1.165) is 17.0 Å². The van der Waals surface area contributed by atoms with Crippen molar-refractivity contribution in [2.24, 2.45) is 0 Å². The van der Waals surface area contributed by atoms with Crippen molar-refractivity contribution >= 4 is 9.84 Å². The first-order chi connectivity index (χ1) is 7.81. The Labute approximate surface area is 102 Å². The number of aromatic nitrogens is 2. The third kappa shape index (κ3) is 2.69. The number of hydrogen-bond donors (Lipinski definition) is 2. The van der Waals surface area contributed by atoms with Crippen molar-refractivity contribution in [3.05, 3.63) is 17.0 Å². The highest BCUT2D eigenvalue weighted by Gasteiger charge is 2.37. The summed E-state index contributed by atoms with van der Waals surface area (Å²) in [5, 5.41) is 10.4. The van der Waals surface area contributed by atoms with Gasteiger partial charge in [-0.1, -0.05) is 0 Å². The van der Waals surface area contributed by atoms with E-state index in [0.29, 0.717) is 18.7 Å². The summed E-state index contributed by atoms with van der Waals surface area (Å²) in [6.45, 7) is 6.57. The Morgan fingerprint density at radius 2 is 2.18 bits per heavy atom. The molecule has 1 saturated heterocycles. The van der Waals surface area contributed by atoms with Crippen LogP contribution in [0.4, 0.5) is 0 Å². The van der Waals surface area contributed by atoms with Crippen LogP contribution in [0.15, 0.2) is 0 Å². The van der Waals surface area contributed by atoms with E-state index < -0.39 is 9.84 Å². The molecule has 1 atom stereocenters. The first kappa shape index (κ1) is 12.6. The number of H-pyrrole nitrogens is 1. The van der Waals surface area contributed by atoms with Crippen molar-refractivity contribution in [3.63, 3.8) is 0 Å². The summed E-state index contributed by atoms with van der Waals surface area (Å²) in [6, 6.07) is 0. The zero-order valence-electron chi connectivity index (χ0n) is 10.5. The van der Waals surface area contributed by atoms with Crippen LogP contribution in [0.1, 0.15) is 30.3 Å². The molecule has 17 heavy (non-hydrogen) atoms. The third-order valence-corrected chi connectivity index (χ3v) is 5.38. The number of rotatable bonds is 3. The molecule has 0 amide bonds. The zero-order chi connectivity index (χ0) is 12.7. The fourth-order valence-electron chi connectivity index (χ4n) is 2.29. The van der Waals surface area contributed by atoms with E-state index in [1.807, 2.05) is 20.8 Å². The second kappa shape index (κ2) is 4.10. The van der Waals surface area contributed by atoms with Gasteiger partial charge in [-0.2, -0.15) is 5.10 Å². The summed E-state index contributed by atoms with van der Waals surface area (Å²) >= 11 is 0. The van der Waals surface area contributed by atoms with E-state index in [-0.39, 0.29) is 11.3 Å². The molecule has 0 spiro atoms. The molecule has 5 nitrogen and oxygen atoms in total. The van der Waals surface area contributed by atoms with E-state index in [1.54, 1.807) is 0 Å². The van der Waals surface area contributed by atoms with Crippen molar-refractivity contribution in [2.45, 2.75) is 39.3 Å². The van der Waals surface area contributed by atoms with Crippen molar-refractivity contribution in [1.82, 2.24) is 15.5 Å². The Balaban J connectivity index is 2.04. The topological polar surface area (TPSA) is 74.8 Å². The van der Waals surface area contributed by atoms with Gasteiger partial charge in [-0.05, 0) is 27.2 Å². The van der Waals surface area contributed by atoms with Gasteiger partial charge in [-0.3, -0.25) is 5.10 Å². The SMILES string of the molecule is Cc1n[nH]c(C)c1CNC1(C)CCS(=O)(=O)C1. The average Bonchev–Trinajstić information content (AvgIpc) is 2.67. The molecule has 0 aliphatic carbocycles. The maximum absolute atomic E-state index is 11.5. The third-order valence-electron chi connectivity index (χ3n) is 3.48. The van der Waals surface area contributed by atoms with E-state index in [1.165, 1.54) is 0 Å². The molecule has 1 aliphatic rings. The number of aryl methyl sites for hydroxylation is 2. The average molecular weight is 257 g/mol. The van der Waals surface area contributed by atoms with Crippen LogP contribution in [0.25, 0.3) is 0 Å². The van der Waals surface area contributed by atoms with Crippen molar-refractivity contribution in [2.75, 3.05) is 11.5 Å². The lowest BCUT2D eigenvalue weighted by Crippen LogP contribution is -2.43. The Morgan fingerprint density at radius 3 is 2.65 bits per heavy atom. The molecule has 1 aromatic rings. The predicted octanol–water partition coefficient (Wildman–Crippen LogP) is 0.693. The Morgan fingerprint density at radius 1 is 1.47 bits per heavy atom. The standard InChI is InChI=1S/C11H19N3O2S/c1-8-10(9(2)14-13-8)6-12-11(3)4-5-17(15,16)7-11/h12H,4-7H2,1-3H3,(H,13,14). The molecule has 1 fully saturated rings. The highest BCUT2D eigenvalue weighted by Crippen LogP contribution is 2.23. The van der Waals surface area contributed by atoms with Crippen LogP contribution in [0.5, 0.6) is 0 Å². The van der Waals surface area contributed by atoms with E-state index in [9.17, 15) is 8.42 Å². The second-order valence-electron chi connectivity index (χ2n) is 5.17. The lowest BCUT2D eigenvalue weighted by molar-refractivity contribution is 0.395. The first-order valence-electron chi connectivity index (χ1n) is 5.77. The van der Waals surface area contributed by atoms with Gasteiger partial charge in [0.2, 0.25) is 0 Å². The molecule has 1 unspecified atom stereocenters. The smallest absolute Gasteiger partial charge is 0.152 e. The molecule has 2 N–H and O–H groups in total. The van der Waals surface area contributed by atoms with Crippen LogP contribution in [0.3, 0.4) is 0 Å². The number of sulfone groups is 1. The largest absolute Gasteiger partial charge is 0.306 e. The fraction of sp³-hybridized carbons (Fsp3) is 0.727. The minimum Gasteiger partial charge on any atom is -0.306 e. The lowest BCUT2D eigenvalue weighted by atomic mass is 10.0. The van der Waals surface area contributed by atoms with Gasteiger partial charge in [0.25, 0.3) is 0 Å². The monoisotopic (exact) mass is 257 g/mol. The van der Waals surface area contributed by atoms with Gasteiger partial charge < -0.3 is 5.32 Å². The number of hydrogen-bond acceptors (Lipinski definition) is 4. The molecule has 6 heteroatoms. The molecule has 96 valence electrons. The summed E-state index contributed by atoms with van der Waals surface area (Å²) in [7, 11) is -2.85. The van der Waals surface area contributed by atoms with Crippen LogP contribution in [-0.4, -0.2) is 35.7 Å². The maximum Gasteiger partial charge on any atom is 0.152 e. The molecule has 0 radical (unpaired) electrons. The van der Waals surface area contributed by atoms with Crippen LogP contribution in [0.2, 0.25) is 0 Å². The molecule has 0 aromatic carbocycles. The van der Waals surface area contributed by atoms with E-state index in [4.69, 9.17) is 0 Å². The fourth-order valence-corrected chi connectivity index (χ4v) is 4.41. The summed E-state index contributed by atoms with van der Waals surface area (Å²) in [4.78, 5) is 0. The Kier molecular flexibility index (Phi) is 3.03. The number of aromatic amines is 1. The van der Waals surface area contributed by atoms with Gasteiger partial charge >= 0.3 is 0 Å².